The largest absolute Gasteiger partial charge is 0.394 e. The van der Waals surface area contributed by atoms with Crippen LogP contribution in [-0.4, -0.2) is 37.4 Å². The number of carbonyl (C=O) groups is 1. The van der Waals surface area contributed by atoms with Crippen molar-refractivity contribution >= 4 is 5.91 Å². The summed E-state index contributed by atoms with van der Waals surface area (Å²) < 4.78 is 4.93. The lowest BCUT2D eigenvalue weighted by Gasteiger charge is -2.16. The number of aryl methyl sites for hydroxylation is 2. The first kappa shape index (κ1) is 14.7. The van der Waals surface area contributed by atoms with E-state index in [2.05, 4.69) is 5.32 Å². The average Bonchev–Trinajstić information content (AvgIpc) is 2.37. The normalized spacial score (nSPS) is 12.2. The van der Waals surface area contributed by atoms with Gasteiger partial charge in [-0.05, 0) is 43.5 Å². The fourth-order valence-corrected chi connectivity index (χ4v) is 1.62. The van der Waals surface area contributed by atoms with Crippen molar-refractivity contribution in [1.29, 1.82) is 0 Å². The smallest absolute Gasteiger partial charge is 0.251 e. The molecule has 1 amide bonds. The summed E-state index contributed by atoms with van der Waals surface area (Å²) in [4.78, 5) is 12.0. The highest BCUT2D eigenvalue weighted by Crippen LogP contribution is 2.10. The summed E-state index contributed by atoms with van der Waals surface area (Å²) in [6.07, 6.45) is 0.601. The first-order chi connectivity index (χ1) is 8.58. The molecule has 0 heterocycles. The lowest BCUT2D eigenvalue weighted by Crippen LogP contribution is -2.38. The monoisotopic (exact) mass is 251 g/mol. The Balaban J connectivity index is 2.65. The van der Waals surface area contributed by atoms with Crippen LogP contribution in [0.4, 0.5) is 0 Å². The van der Waals surface area contributed by atoms with Gasteiger partial charge in [0.25, 0.3) is 5.91 Å². The molecule has 0 aromatic heterocycles. The van der Waals surface area contributed by atoms with E-state index in [0.29, 0.717) is 18.6 Å². The first-order valence-corrected chi connectivity index (χ1v) is 6.06. The number of hydrogen-bond donors (Lipinski definition) is 2. The van der Waals surface area contributed by atoms with Crippen LogP contribution in [0.5, 0.6) is 0 Å². The van der Waals surface area contributed by atoms with E-state index >= 15 is 0 Å². The Morgan fingerprint density at radius 3 is 2.67 bits per heavy atom. The molecule has 1 aromatic rings. The third-order valence-electron chi connectivity index (χ3n) is 3.00. The molecule has 1 unspecified atom stereocenters. The van der Waals surface area contributed by atoms with Gasteiger partial charge in [-0.25, -0.2) is 0 Å². The van der Waals surface area contributed by atoms with E-state index in [0.717, 1.165) is 11.1 Å². The van der Waals surface area contributed by atoms with Crippen LogP contribution in [0, 0.1) is 13.8 Å². The molecule has 0 aliphatic rings. The van der Waals surface area contributed by atoms with Crippen molar-refractivity contribution < 1.29 is 14.6 Å². The average molecular weight is 251 g/mol. The summed E-state index contributed by atoms with van der Waals surface area (Å²) in [5, 5.41) is 12.0. The number of aliphatic hydroxyl groups excluding tert-OH is 1. The lowest BCUT2D eigenvalue weighted by atomic mass is 10.1. The van der Waals surface area contributed by atoms with E-state index in [4.69, 9.17) is 4.74 Å². The zero-order valence-electron chi connectivity index (χ0n) is 11.2. The fourth-order valence-electron chi connectivity index (χ4n) is 1.62. The van der Waals surface area contributed by atoms with Gasteiger partial charge in [0.1, 0.15) is 0 Å². The van der Waals surface area contributed by atoms with Crippen molar-refractivity contribution in [3.63, 3.8) is 0 Å². The Kier molecular flexibility index (Phi) is 5.82. The Bertz CT molecular complexity index is 404. The quantitative estimate of drug-likeness (QED) is 0.804. The maximum atomic E-state index is 12.0. The summed E-state index contributed by atoms with van der Waals surface area (Å²) in [5.41, 5.74) is 2.86. The van der Waals surface area contributed by atoms with Crippen molar-refractivity contribution in [2.45, 2.75) is 26.3 Å². The second kappa shape index (κ2) is 7.13. The van der Waals surface area contributed by atoms with E-state index in [1.165, 1.54) is 0 Å². The van der Waals surface area contributed by atoms with Crippen LogP contribution in [0.15, 0.2) is 18.2 Å². The van der Waals surface area contributed by atoms with Crippen LogP contribution in [0.3, 0.4) is 0 Å². The molecular weight excluding hydrogens is 230 g/mol. The number of methoxy groups -OCH3 is 1. The highest BCUT2D eigenvalue weighted by atomic mass is 16.5. The number of benzene rings is 1. The molecule has 2 N–H and O–H groups in total. The summed E-state index contributed by atoms with van der Waals surface area (Å²) in [6.45, 7) is 4.41. The lowest BCUT2D eigenvalue weighted by molar-refractivity contribution is 0.0894. The molecule has 4 nitrogen and oxygen atoms in total. The number of carbonyl (C=O) groups excluding carboxylic acids is 1. The van der Waals surface area contributed by atoms with Gasteiger partial charge in [0, 0.05) is 19.3 Å². The zero-order chi connectivity index (χ0) is 13.5. The SMILES string of the molecule is COCCC(CO)NC(=O)c1ccc(C)c(C)c1. The maximum Gasteiger partial charge on any atom is 0.251 e. The van der Waals surface area contributed by atoms with Gasteiger partial charge in [-0.3, -0.25) is 4.79 Å². The van der Waals surface area contributed by atoms with Gasteiger partial charge < -0.3 is 15.2 Å². The minimum Gasteiger partial charge on any atom is -0.394 e. The fraction of sp³-hybridized carbons (Fsp3) is 0.500. The Labute approximate surface area is 108 Å². The molecule has 0 aliphatic carbocycles. The predicted octanol–water partition coefficient (Wildman–Crippen LogP) is 1.43. The molecule has 1 atom stereocenters. The molecule has 0 saturated carbocycles. The number of amides is 1. The Morgan fingerprint density at radius 2 is 2.11 bits per heavy atom. The van der Waals surface area contributed by atoms with Crippen LogP contribution in [-0.2, 0) is 4.74 Å². The van der Waals surface area contributed by atoms with E-state index < -0.39 is 0 Å². The topological polar surface area (TPSA) is 58.6 Å². The van der Waals surface area contributed by atoms with Crippen molar-refractivity contribution in [2.75, 3.05) is 20.3 Å². The number of hydrogen-bond acceptors (Lipinski definition) is 3. The third kappa shape index (κ3) is 4.13. The molecule has 0 saturated heterocycles. The van der Waals surface area contributed by atoms with Crippen LogP contribution in [0.25, 0.3) is 0 Å². The Hall–Kier alpha value is -1.39. The van der Waals surface area contributed by atoms with Gasteiger partial charge in [-0.2, -0.15) is 0 Å². The van der Waals surface area contributed by atoms with Gasteiger partial charge in [0.15, 0.2) is 0 Å². The second-order valence-electron chi connectivity index (χ2n) is 4.43. The summed E-state index contributed by atoms with van der Waals surface area (Å²) >= 11 is 0. The van der Waals surface area contributed by atoms with E-state index in [1.54, 1.807) is 13.2 Å². The maximum absolute atomic E-state index is 12.0. The number of nitrogens with one attached hydrogen (secondary N) is 1. The van der Waals surface area contributed by atoms with Crippen molar-refractivity contribution in [3.05, 3.63) is 34.9 Å². The van der Waals surface area contributed by atoms with Crippen LogP contribution in [0.1, 0.15) is 27.9 Å². The highest BCUT2D eigenvalue weighted by Gasteiger charge is 2.13. The summed E-state index contributed by atoms with van der Waals surface area (Å²) in [5.74, 6) is -0.159. The Morgan fingerprint density at radius 1 is 1.39 bits per heavy atom. The van der Waals surface area contributed by atoms with Crippen molar-refractivity contribution in [3.8, 4) is 0 Å². The molecule has 100 valence electrons. The van der Waals surface area contributed by atoms with Gasteiger partial charge >= 0.3 is 0 Å². The third-order valence-corrected chi connectivity index (χ3v) is 3.00. The number of aliphatic hydroxyl groups is 1. The first-order valence-electron chi connectivity index (χ1n) is 6.06. The second-order valence-corrected chi connectivity index (χ2v) is 4.43. The molecule has 0 spiro atoms. The molecule has 1 aromatic carbocycles. The standard InChI is InChI=1S/C14H21NO3/c1-10-4-5-12(8-11(10)2)14(17)15-13(9-16)6-7-18-3/h4-5,8,13,16H,6-7,9H2,1-3H3,(H,15,17). The van der Waals surface area contributed by atoms with Crippen LogP contribution >= 0.6 is 0 Å². The van der Waals surface area contributed by atoms with Gasteiger partial charge in [-0.15, -0.1) is 0 Å². The molecule has 1 rings (SSSR count). The molecule has 0 radical (unpaired) electrons. The van der Waals surface area contributed by atoms with E-state index in [9.17, 15) is 9.90 Å². The van der Waals surface area contributed by atoms with E-state index in [-0.39, 0.29) is 18.6 Å². The van der Waals surface area contributed by atoms with Crippen LogP contribution in [0.2, 0.25) is 0 Å². The van der Waals surface area contributed by atoms with Crippen molar-refractivity contribution in [1.82, 2.24) is 5.32 Å². The number of ether oxygens (including phenoxy) is 1. The molecule has 4 heteroatoms. The summed E-state index contributed by atoms with van der Waals surface area (Å²) in [7, 11) is 1.60. The molecule has 0 fully saturated rings. The minimum absolute atomic E-state index is 0.0834. The van der Waals surface area contributed by atoms with E-state index in [1.807, 2.05) is 26.0 Å². The molecule has 18 heavy (non-hydrogen) atoms. The van der Waals surface area contributed by atoms with Gasteiger partial charge in [0.2, 0.25) is 0 Å². The van der Waals surface area contributed by atoms with Gasteiger partial charge in [0.05, 0.1) is 12.6 Å². The molecule has 0 bridgehead atoms. The molecular formula is C14H21NO3. The highest BCUT2D eigenvalue weighted by molar-refractivity contribution is 5.94. The molecule has 0 aliphatic heterocycles. The van der Waals surface area contributed by atoms with Gasteiger partial charge in [-0.1, -0.05) is 6.07 Å². The zero-order valence-corrected chi connectivity index (χ0v) is 11.2. The van der Waals surface area contributed by atoms with Crippen molar-refractivity contribution in [2.24, 2.45) is 0 Å². The predicted molar refractivity (Wildman–Crippen MR) is 70.7 cm³/mol. The minimum atomic E-state index is -0.265. The van der Waals surface area contributed by atoms with Crippen LogP contribution < -0.4 is 5.32 Å². The summed E-state index contributed by atoms with van der Waals surface area (Å²) in [6, 6.07) is 5.31. The number of rotatable bonds is 6.